The molecule has 0 amide bonds. The molecule has 0 atom stereocenters. The zero-order valence-corrected chi connectivity index (χ0v) is 7.87. The van der Waals surface area contributed by atoms with E-state index < -0.39 is 11.5 Å². The van der Waals surface area contributed by atoms with E-state index in [-0.39, 0.29) is 4.88 Å². The lowest BCUT2D eigenvalue weighted by Crippen LogP contribution is -2.04. The molecule has 0 aliphatic heterocycles. The predicted molar refractivity (Wildman–Crippen MR) is 44.8 cm³/mol. The smallest absolute Gasteiger partial charge is 0.281 e. The lowest BCUT2D eigenvalue weighted by atomic mass is 10.3. The summed E-state index contributed by atoms with van der Waals surface area (Å²) in [6.07, 6.45) is 2.42. The normalized spacial score (nSPS) is 20.3. The molecule has 0 radical (unpaired) electrons. The molecule has 72 valence electrons. The largest absolute Gasteiger partial charge is 0.383 e. The van der Waals surface area contributed by atoms with Crippen LogP contribution in [-0.2, 0) is 11.5 Å². The Morgan fingerprint density at radius 3 is 2.62 bits per heavy atom. The molecule has 13 heavy (non-hydrogen) atoms. The highest BCUT2D eigenvalue weighted by Gasteiger charge is 2.45. The highest BCUT2D eigenvalue weighted by atomic mass is 32.1. The van der Waals surface area contributed by atoms with E-state index >= 15 is 0 Å². The predicted octanol–water partition coefficient (Wildman–Crippen LogP) is 2.24. The quantitative estimate of drug-likeness (QED) is 0.803. The van der Waals surface area contributed by atoms with Crippen molar-refractivity contribution >= 4 is 11.3 Å². The van der Waals surface area contributed by atoms with Crippen molar-refractivity contribution in [1.82, 2.24) is 4.98 Å². The number of nitrogens with zero attached hydrogens (tertiary/aromatic N) is 1. The van der Waals surface area contributed by atoms with Crippen LogP contribution in [0.4, 0.5) is 8.78 Å². The Bertz CT molecular complexity index is 307. The minimum absolute atomic E-state index is 0.0807. The first-order chi connectivity index (χ1) is 5.92. The molecule has 1 heterocycles. The number of alkyl halides is 2. The Balaban J connectivity index is 2.29. The van der Waals surface area contributed by atoms with E-state index in [1.165, 1.54) is 0 Å². The summed E-state index contributed by atoms with van der Waals surface area (Å²) in [5.41, 5.74) is -0.895. The lowest BCUT2D eigenvalue weighted by Gasteiger charge is -2.05. The average molecular weight is 205 g/mol. The van der Waals surface area contributed by atoms with Gasteiger partial charge in [0.2, 0.25) is 0 Å². The summed E-state index contributed by atoms with van der Waals surface area (Å²) in [6.45, 7) is 0.835. The number of aliphatic hydroxyl groups is 1. The van der Waals surface area contributed by atoms with Crippen molar-refractivity contribution < 1.29 is 13.9 Å². The van der Waals surface area contributed by atoms with Crippen LogP contribution in [0.1, 0.15) is 29.7 Å². The molecule has 0 spiro atoms. The van der Waals surface area contributed by atoms with E-state index in [1.54, 1.807) is 0 Å². The second-order valence-electron chi connectivity index (χ2n) is 3.45. The zero-order valence-electron chi connectivity index (χ0n) is 7.05. The summed E-state index contributed by atoms with van der Waals surface area (Å²) in [6, 6.07) is 0. The Kier molecular flexibility index (Phi) is 1.72. The topological polar surface area (TPSA) is 33.1 Å². The molecule has 2 rings (SSSR count). The molecule has 2 nitrogen and oxygen atoms in total. The van der Waals surface area contributed by atoms with Gasteiger partial charge in [-0.1, -0.05) is 0 Å². The van der Waals surface area contributed by atoms with Gasteiger partial charge in [0, 0.05) is 13.1 Å². The third-order valence-corrected chi connectivity index (χ3v) is 3.42. The third kappa shape index (κ3) is 1.58. The molecule has 0 unspecified atom stereocenters. The fourth-order valence-electron chi connectivity index (χ4n) is 1.02. The first-order valence-electron chi connectivity index (χ1n) is 3.99. The number of rotatable bonds is 2. The van der Waals surface area contributed by atoms with Crippen LogP contribution in [0.5, 0.6) is 0 Å². The van der Waals surface area contributed by atoms with Crippen LogP contribution < -0.4 is 0 Å². The van der Waals surface area contributed by atoms with Gasteiger partial charge in [0.15, 0.2) is 0 Å². The molecule has 1 aromatic rings. The Morgan fingerprint density at radius 1 is 1.62 bits per heavy atom. The number of thiazole rings is 1. The molecule has 1 aliphatic rings. The molecule has 0 aromatic carbocycles. The van der Waals surface area contributed by atoms with E-state index in [1.807, 2.05) is 0 Å². The molecule has 1 fully saturated rings. The second-order valence-corrected chi connectivity index (χ2v) is 4.48. The Labute approximate surface area is 78.2 Å². The molecule has 0 saturated heterocycles. The maximum atomic E-state index is 12.8. The fourth-order valence-corrected chi connectivity index (χ4v) is 2.02. The summed E-state index contributed by atoms with van der Waals surface area (Å²) in [5, 5.41) is 10.0. The molecular weight excluding hydrogens is 196 g/mol. The molecule has 5 heteroatoms. The summed E-state index contributed by atoms with van der Waals surface area (Å²) < 4.78 is 25.5. The maximum absolute atomic E-state index is 12.8. The fraction of sp³-hybridized carbons (Fsp3) is 0.625. The SMILES string of the molecule is CC(F)(F)c1cnc(C2(O)CC2)s1. The number of hydrogen-bond acceptors (Lipinski definition) is 3. The van der Waals surface area contributed by atoms with Crippen molar-refractivity contribution in [3.8, 4) is 0 Å². The van der Waals surface area contributed by atoms with Crippen LogP contribution in [0, 0.1) is 0 Å². The van der Waals surface area contributed by atoms with Crippen molar-refractivity contribution in [2.45, 2.75) is 31.3 Å². The van der Waals surface area contributed by atoms with Gasteiger partial charge in [-0.2, -0.15) is 0 Å². The minimum atomic E-state index is -2.85. The van der Waals surface area contributed by atoms with Crippen LogP contribution in [0.2, 0.25) is 0 Å². The van der Waals surface area contributed by atoms with Crippen LogP contribution in [-0.4, -0.2) is 10.1 Å². The van der Waals surface area contributed by atoms with Crippen LogP contribution >= 0.6 is 11.3 Å². The molecule has 1 N–H and O–H groups in total. The van der Waals surface area contributed by atoms with Gasteiger partial charge in [-0.05, 0) is 12.8 Å². The minimum Gasteiger partial charge on any atom is -0.383 e. The van der Waals surface area contributed by atoms with E-state index in [4.69, 9.17) is 0 Å². The molecule has 0 bridgehead atoms. The van der Waals surface area contributed by atoms with Crippen molar-refractivity contribution in [3.05, 3.63) is 16.1 Å². The zero-order chi connectivity index (χ0) is 9.69. The monoisotopic (exact) mass is 205 g/mol. The van der Waals surface area contributed by atoms with Crippen molar-refractivity contribution in [1.29, 1.82) is 0 Å². The van der Waals surface area contributed by atoms with Gasteiger partial charge in [-0.25, -0.2) is 13.8 Å². The number of halogens is 2. The first-order valence-corrected chi connectivity index (χ1v) is 4.80. The summed E-state index contributed by atoms with van der Waals surface area (Å²) in [4.78, 5) is 3.72. The summed E-state index contributed by atoms with van der Waals surface area (Å²) in [7, 11) is 0. The van der Waals surface area contributed by atoms with Gasteiger partial charge in [-0.3, -0.25) is 0 Å². The molecule has 1 saturated carbocycles. The van der Waals surface area contributed by atoms with Crippen LogP contribution in [0.15, 0.2) is 6.20 Å². The van der Waals surface area contributed by atoms with Gasteiger partial charge in [0.25, 0.3) is 5.92 Å². The number of hydrogen-bond donors (Lipinski definition) is 1. The molecule has 1 aromatic heterocycles. The Hall–Kier alpha value is -0.550. The Morgan fingerprint density at radius 2 is 2.23 bits per heavy atom. The van der Waals surface area contributed by atoms with Crippen molar-refractivity contribution in [2.75, 3.05) is 0 Å². The van der Waals surface area contributed by atoms with Gasteiger partial charge in [0.05, 0.1) is 4.88 Å². The lowest BCUT2D eigenvalue weighted by molar-refractivity contribution is 0.0213. The van der Waals surface area contributed by atoms with Crippen LogP contribution in [0.25, 0.3) is 0 Å². The van der Waals surface area contributed by atoms with E-state index in [0.717, 1.165) is 24.5 Å². The van der Waals surface area contributed by atoms with Crippen molar-refractivity contribution in [2.24, 2.45) is 0 Å². The van der Waals surface area contributed by atoms with E-state index in [9.17, 15) is 13.9 Å². The first kappa shape index (κ1) is 9.02. The van der Waals surface area contributed by atoms with Crippen molar-refractivity contribution in [3.63, 3.8) is 0 Å². The maximum Gasteiger partial charge on any atom is 0.281 e. The van der Waals surface area contributed by atoms with E-state index in [0.29, 0.717) is 17.8 Å². The highest BCUT2D eigenvalue weighted by molar-refractivity contribution is 7.11. The van der Waals surface area contributed by atoms with Gasteiger partial charge >= 0.3 is 0 Å². The third-order valence-electron chi connectivity index (χ3n) is 2.06. The number of aromatic nitrogens is 1. The second kappa shape index (κ2) is 2.48. The highest BCUT2D eigenvalue weighted by Crippen LogP contribution is 2.48. The average Bonchev–Trinajstić information content (AvgIpc) is 2.60. The van der Waals surface area contributed by atoms with Crippen LogP contribution in [0.3, 0.4) is 0 Å². The standard InChI is InChI=1S/C8H9F2NOS/c1-7(9,10)5-4-11-6(13-5)8(12)2-3-8/h4,12H,2-3H2,1H3. The molecule has 1 aliphatic carbocycles. The van der Waals surface area contributed by atoms with E-state index in [2.05, 4.69) is 4.98 Å². The summed E-state index contributed by atoms with van der Waals surface area (Å²) in [5.74, 6) is -2.85. The molecular formula is C8H9F2NOS. The van der Waals surface area contributed by atoms with Gasteiger partial charge in [0.1, 0.15) is 10.6 Å². The van der Waals surface area contributed by atoms with Gasteiger partial charge in [-0.15, -0.1) is 11.3 Å². The van der Waals surface area contributed by atoms with Gasteiger partial charge < -0.3 is 5.11 Å². The summed E-state index contributed by atoms with van der Waals surface area (Å²) >= 11 is 0.898.